The van der Waals surface area contributed by atoms with Crippen LogP contribution in [0.25, 0.3) is 5.69 Å². The molecule has 1 atom stereocenters. The average molecular weight is 359 g/mol. The van der Waals surface area contributed by atoms with E-state index >= 15 is 0 Å². The van der Waals surface area contributed by atoms with Crippen molar-refractivity contribution in [1.29, 1.82) is 0 Å². The van der Waals surface area contributed by atoms with Crippen molar-refractivity contribution in [3.63, 3.8) is 0 Å². The number of nitrogens with zero attached hydrogens (tertiary/aromatic N) is 4. The Balaban J connectivity index is 1.75. The maximum atomic E-state index is 12.7. The van der Waals surface area contributed by atoms with Crippen molar-refractivity contribution in [2.75, 3.05) is 11.9 Å². The van der Waals surface area contributed by atoms with Crippen molar-refractivity contribution in [1.82, 2.24) is 14.8 Å². The van der Waals surface area contributed by atoms with Crippen LogP contribution < -0.4 is 4.90 Å². The van der Waals surface area contributed by atoms with E-state index in [1.165, 1.54) is 4.90 Å². The Morgan fingerprint density at radius 3 is 2.92 bits per heavy atom. The van der Waals surface area contributed by atoms with Crippen LogP contribution in [0, 0.1) is 5.92 Å². The Bertz CT molecular complexity index is 829. The molecule has 0 aliphatic heterocycles. The highest BCUT2D eigenvalue weighted by Crippen LogP contribution is 2.32. The number of carbonyl (C=O) groups is 2. The van der Waals surface area contributed by atoms with Crippen LogP contribution in [0.1, 0.15) is 26.2 Å². The zero-order valence-corrected chi connectivity index (χ0v) is 14.9. The lowest BCUT2D eigenvalue weighted by atomic mass is 9.99. The number of aromatic nitrogens is 3. The second-order valence-corrected chi connectivity index (χ2v) is 6.62. The monoisotopic (exact) mass is 358 g/mol. The molecule has 0 spiro atoms. The summed E-state index contributed by atoms with van der Waals surface area (Å²) < 4.78 is 1.59. The normalized spacial score (nSPS) is 16.6. The molecule has 0 unspecified atom stereocenters. The lowest BCUT2D eigenvalue weighted by molar-refractivity contribution is -0.118. The molecule has 0 saturated heterocycles. The first-order chi connectivity index (χ1) is 12.0. The van der Waals surface area contributed by atoms with Gasteiger partial charge in [0.2, 0.25) is 0 Å². The van der Waals surface area contributed by atoms with Crippen molar-refractivity contribution in [2.24, 2.45) is 5.92 Å². The summed E-state index contributed by atoms with van der Waals surface area (Å²) in [6, 6.07) is 3.66. The quantitative estimate of drug-likeness (QED) is 0.823. The van der Waals surface area contributed by atoms with Crippen molar-refractivity contribution < 1.29 is 9.59 Å². The fraction of sp³-hybridized carbons (Fsp3) is 0.333. The van der Waals surface area contributed by atoms with Gasteiger partial charge < -0.3 is 9.69 Å². The second-order valence-electron chi connectivity index (χ2n) is 6.27. The van der Waals surface area contributed by atoms with Crippen molar-refractivity contribution in [3.05, 3.63) is 47.5 Å². The van der Waals surface area contributed by atoms with E-state index in [1.54, 1.807) is 43.3 Å². The molecule has 1 amide bonds. The Morgan fingerprint density at radius 1 is 1.44 bits per heavy atom. The molecule has 2 heterocycles. The zero-order chi connectivity index (χ0) is 18.0. The third-order valence-corrected chi connectivity index (χ3v) is 4.55. The van der Waals surface area contributed by atoms with E-state index in [0.717, 1.165) is 17.7 Å². The van der Waals surface area contributed by atoms with E-state index in [2.05, 4.69) is 10.1 Å². The van der Waals surface area contributed by atoms with Gasteiger partial charge in [0.1, 0.15) is 11.5 Å². The maximum absolute atomic E-state index is 12.7. The summed E-state index contributed by atoms with van der Waals surface area (Å²) in [7, 11) is 1.68. The third-order valence-electron chi connectivity index (χ3n) is 4.28. The molecule has 1 aliphatic carbocycles. The molecule has 3 rings (SSSR count). The fourth-order valence-electron chi connectivity index (χ4n) is 3.04. The van der Waals surface area contributed by atoms with Gasteiger partial charge in [-0.15, -0.1) is 0 Å². The number of likely N-dealkylation sites (N-methyl/N-ethyl adjacent to an activating group) is 1. The van der Waals surface area contributed by atoms with Crippen LogP contribution in [0.5, 0.6) is 0 Å². The van der Waals surface area contributed by atoms with Crippen LogP contribution in [0.4, 0.5) is 5.69 Å². The number of hydrogen-bond donors (Lipinski definition) is 0. The van der Waals surface area contributed by atoms with Crippen LogP contribution in [-0.2, 0) is 9.59 Å². The molecule has 0 radical (unpaired) electrons. The molecule has 0 N–H and O–H groups in total. The molecule has 0 bridgehead atoms. The predicted molar refractivity (Wildman–Crippen MR) is 95.9 cm³/mol. The molecular formula is C18H19ClN4O2. The van der Waals surface area contributed by atoms with Crippen LogP contribution in [0.15, 0.2) is 42.4 Å². The number of halogens is 1. The number of pyridine rings is 1. The molecular weight excluding hydrogens is 340 g/mol. The van der Waals surface area contributed by atoms with Gasteiger partial charge in [-0.1, -0.05) is 17.7 Å². The van der Waals surface area contributed by atoms with Gasteiger partial charge in [0.05, 0.1) is 18.1 Å². The third kappa shape index (κ3) is 3.79. The number of anilines is 1. The summed E-state index contributed by atoms with van der Waals surface area (Å²) in [5, 5.41) is 4.50. The smallest absolute Gasteiger partial charge is 0.253 e. The van der Waals surface area contributed by atoms with Gasteiger partial charge in [-0.05, 0) is 37.8 Å². The van der Waals surface area contributed by atoms with Crippen LogP contribution in [-0.4, -0.2) is 33.5 Å². The Kier molecular flexibility index (Phi) is 4.99. The summed E-state index contributed by atoms with van der Waals surface area (Å²) >= 11 is 6.23. The number of ketones is 1. The highest BCUT2D eigenvalue weighted by molar-refractivity contribution is 6.32. The van der Waals surface area contributed by atoms with E-state index in [-0.39, 0.29) is 22.8 Å². The number of amides is 1. The summed E-state index contributed by atoms with van der Waals surface area (Å²) in [6.07, 6.45) is 8.87. The van der Waals surface area contributed by atoms with E-state index in [1.807, 2.05) is 12.1 Å². The SMILES string of the molecule is CC(=O)C[C@@H]1CC=C(C(=O)N(C)c2cn(-c3cccnc3)nc2Cl)C1. The number of carbonyl (C=O) groups excluding carboxylic acids is 2. The minimum absolute atomic E-state index is 0.112. The van der Waals surface area contributed by atoms with E-state index in [0.29, 0.717) is 18.5 Å². The Morgan fingerprint density at radius 2 is 2.24 bits per heavy atom. The van der Waals surface area contributed by atoms with E-state index in [9.17, 15) is 9.59 Å². The summed E-state index contributed by atoms with van der Waals surface area (Å²) in [5.74, 6) is 0.262. The highest BCUT2D eigenvalue weighted by atomic mass is 35.5. The molecule has 1 aliphatic rings. The molecule has 0 saturated carbocycles. The Hall–Kier alpha value is -2.47. The number of allylic oxidation sites excluding steroid dienone is 1. The lowest BCUT2D eigenvalue weighted by Crippen LogP contribution is -2.27. The average Bonchev–Trinajstić information content (AvgIpc) is 3.20. The number of Topliss-reactive ketones (excluding diaryl/α,β-unsaturated/α-hetero) is 1. The summed E-state index contributed by atoms with van der Waals surface area (Å²) in [5.41, 5.74) is 2.02. The van der Waals surface area contributed by atoms with Gasteiger partial charge in [-0.2, -0.15) is 5.10 Å². The number of rotatable bonds is 5. The first-order valence-corrected chi connectivity index (χ1v) is 8.45. The lowest BCUT2D eigenvalue weighted by Gasteiger charge is -2.17. The van der Waals surface area contributed by atoms with Crippen molar-refractivity contribution >= 4 is 29.0 Å². The molecule has 25 heavy (non-hydrogen) atoms. The zero-order valence-electron chi connectivity index (χ0n) is 14.1. The topological polar surface area (TPSA) is 68.1 Å². The highest BCUT2D eigenvalue weighted by Gasteiger charge is 2.27. The van der Waals surface area contributed by atoms with Gasteiger partial charge in [-0.25, -0.2) is 4.68 Å². The maximum Gasteiger partial charge on any atom is 0.253 e. The second kappa shape index (κ2) is 7.19. The van der Waals surface area contributed by atoms with Gasteiger partial charge in [-0.3, -0.25) is 9.78 Å². The predicted octanol–water partition coefficient (Wildman–Crippen LogP) is 3.20. The van der Waals surface area contributed by atoms with E-state index < -0.39 is 0 Å². The van der Waals surface area contributed by atoms with Gasteiger partial charge in [0.15, 0.2) is 5.15 Å². The van der Waals surface area contributed by atoms with Crippen LogP contribution in [0.2, 0.25) is 5.15 Å². The van der Waals surface area contributed by atoms with Gasteiger partial charge >= 0.3 is 0 Å². The van der Waals surface area contributed by atoms with Crippen LogP contribution in [0.3, 0.4) is 0 Å². The first kappa shape index (κ1) is 17.4. The van der Waals surface area contributed by atoms with Crippen molar-refractivity contribution in [2.45, 2.75) is 26.2 Å². The first-order valence-electron chi connectivity index (χ1n) is 8.07. The fourth-order valence-corrected chi connectivity index (χ4v) is 3.30. The summed E-state index contributed by atoms with van der Waals surface area (Å²) in [6.45, 7) is 1.58. The van der Waals surface area contributed by atoms with E-state index in [4.69, 9.17) is 11.6 Å². The molecule has 0 fully saturated rings. The molecule has 7 heteroatoms. The molecule has 0 aromatic carbocycles. The molecule has 2 aromatic rings. The number of hydrogen-bond acceptors (Lipinski definition) is 4. The largest absolute Gasteiger partial charge is 0.308 e. The Labute approximate surface area is 151 Å². The van der Waals surface area contributed by atoms with Crippen molar-refractivity contribution in [3.8, 4) is 5.69 Å². The summed E-state index contributed by atoms with van der Waals surface area (Å²) in [4.78, 5) is 29.6. The van der Waals surface area contributed by atoms with Crippen LogP contribution >= 0.6 is 11.6 Å². The minimum Gasteiger partial charge on any atom is -0.308 e. The molecule has 130 valence electrons. The standard InChI is InChI=1S/C18H19ClN4O2/c1-12(24)8-13-5-6-14(9-13)18(25)22(2)16-11-23(21-17(16)19)15-4-3-7-20-10-15/h3-4,6-7,10-11,13H,5,8-9H2,1-2H3/t13-/m0/s1. The molecule has 2 aromatic heterocycles. The minimum atomic E-state index is -0.112. The molecule has 6 nitrogen and oxygen atoms in total. The van der Waals surface area contributed by atoms with Gasteiger partial charge in [0, 0.05) is 25.2 Å². The van der Waals surface area contributed by atoms with Gasteiger partial charge in [0.25, 0.3) is 5.91 Å².